The van der Waals surface area contributed by atoms with Gasteiger partial charge in [0.15, 0.2) is 12.5 Å². The summed E-state index contributed by atoms with van der Waals surface area (Å²) < 4.78 is 88.3. The minimum absolute atomic E-state index is 0.0316. The first-order valence-corrected chi connectivity index (χ1v) is 14.7. The second-order valence-corrected chi connectivity index (χ2v) is 12.4. The molecule has 2 fully saturated rings. The van der Waals surface area contributed by atoms with Crippen LogP contribution in [0, 0.1) is 17.3 Å². The van der Waals surface area contributed by atoms with Gasteiger partial charge in [-0.25, -0.2) is 22.7 Å². The Morgan fingerprint density at radius 2 is 1.81 bits per heavy atom. The van der Waals surface area contributed by atoms with Gasteiger partial charge in [-0.15, -0.1) is 0 Å². The molecule has 1 amide bonds. The van der Waals surface area contributed by atoms with E-state index in [1.54, 1.807) is 13.3 Å². The van der Waals surface area contributed by atoms with Crippen molar-refractivity contribution in [3.05, 3.63) is 17.6 Å². The van der Waals surface area contributed by atoms with Gasteiger partial charge in [0.25, 0.3) is 11.7 Å². The average molecular weight is 622 g/mol. The van der Waals surface area contributed by atoms with Crippen molar-refractivity contribution >= 4 is 17.5 Å². The molecule has 43 heavy (non-hydrogen) atoms. The zero-order chi connectivity index (χ0) is 31.6. The van der Waals surface area contributed by atoms with Gasteiger partial charge in [-0.05, 0) is 19.3 Å². The van der Waals surface area contributed by atoms with Crippen molar-refractivity contribution in [2.45, 2.75) is 64.5 Å². The molecule has 2 aliphatic heterocycles. The van der Waals surface area contributed by atoms with Crippen molar-refractivity contribution in [1.82, 2.24) is 29.8 Å². The fourth-order valence-electron chi connectivity index (χ4n) is 5.54. The lowest BCUT2D eigenvalue weighted by Crippen LogP contribution is -2.49. The Morgan fingerprint density at radius 1 is 1.12 bits per heavy atom. The number of hydrogen-bond acceptors (Lipinski definition) is 7. The number of fused-ring (bicyclic) bond motifs is 1. The SMILES string of the molecule is COCCN1CCN(c2nc3nc(C(C)CCC(C)(C)C(F)(F)CF)cn3nc2CC2CC(C(F)(F)F)CNC2=O)CC1. The van der Waals surface area contributed by atoms with Crippen LogP contribution in [-0.2, 0) is 16.0 Å². The lowest BCUT2D eigenvalue weighted by Gasteiger charge is -2.36. The number of hydrogen-bond donors (Lipinski definition) is 1. The topological polar surface area (TPSA) is 87.9 Å². The predicted molar refractivity (Wildman–Crippen MR) is 148 cm³/mol. The van der Waals surface area contributed by atoms with Crippen LogP contribution in [0.1, 0.15) is 57.3 Å². The van der Waals surface area contributed by atoms with Gasteiger partial charge in [-0.3, -0.25) is 9.69 Å². The lowest BCUT2D eigenvalue weighted by atomic mass is 9.79. The van der Waals surface area contributed by atoms with Crippen LogP contribution in [0.25, 0.3) is 5.78 Å². The number of imidazole rings is 1. The molecule has 1 N–H and O–H groups in total. The van der Waals surface area contributed by atoms with Crippen LogP contribution in [0.2, 0.25) is 0 Å². The number of carbonyl (C=O) groups excluding carboxylic acids is 1. The number of halogens is 6. The Balaban J connectivity index is 1.60. The van der Waals surface area contributed by atoms with Gasteiger partial charge in [-0.1, -0.05) is 20.8 Å². The molecule has 9 nitrogen and oxygen atoms in total. The Kier molecular flexibility index (Phi) is 10.1. The van der Waals surface area contributed by atoms with E-state index in [1.165, 1.54) is 18.4 Å². The molecule has 0 aromatic carbocycles. The van der Waals surface area contributed by atoms with E-state index in [0.717, 1.165) is 6.54 Å². The number of rotatable bonds is 12. The fourth-order valence-corrected chi connectivity index (χ4v) is 5.54. The van der Waals surface area contributed by atoms with Crippen LogP contribution in [0.4, 0.5) is 32.2 Å². The van der Waals surface area contributed by atoms with E-state index in [0.29, 0.717) is 56.4 Å². The monoisotopic (exact) mass is 621 g/mol. The number of ether oxygens (including phenoxy) is 1. The Bertz CT molecular complexity index is 1250. The number of anilines is 1. The minimum atomic E-state index is -4.43. The maximum Gasteiger partial charge on any atom is 0.393 e. The van der Waals surface area contributed by atoms with E-state index in [-0.39, 0.29) is 31.0 Å². The summed E-state index contributed by atoms with van der Waals surface area (Å²) in [6.45, 7) is 6.28. The van der Waals surface area contributed by atoms with E-state index >= 15 is 0 Å². The number of aromatic nitrogens is 4. The van der Waals surface area contributed by atoms with Crippen molar-refractivity contribution in [2.75, 3.05) is 64.6 Å². The van der Waals surface area contributed by atoms with E-state index in [4.69, 9.17) is 9.72 Å². The highest BCUT2D eigenvalue weighted by molar-refractivity contribution is 5.80. The number of methoxy groups -OCH3 is 1. The van der Waals surface area contributed by atoms with E-state index in [2.05, 4.69) is 20.3 Å². The van der Waals surface area contributed by atoms with E-state index < -0.39 is 48.5 Å². The third-order valence-electron chi connectivity index (χ3n) is 8.89. The van der Waals surface area contributed by atoms with Gasteiger partial charge in [-0.2, -0.15) is 23.3 Å². The summed E-state index contributed by atoms with van der Waals surface area (Å²) in [6.07, 6.45) is -2.80. The van der Waals surface area contributed by atoms with Crippen LogP contribution < -0.4 is 10.2 Å². The van der Waals surface area contributed by atoms with E-state index in [1.807, 2.05) is 11.8 Å². The van der Waals surface area contributed by atoms with Crippen molar-refractivity contribution in [1.29, 1.82) is 0 Å². The number of carbonyl (C=O) groups is 1. The van der Waals surface area contributed by atoms with Crippen LogP contribution in [0.3, 0.4) is 0 Å². The van der Waals surface area contributed by atoms with Crippen molar-refractivity contribution in [3.8, 4) is 0 Å². The Morgan fingerprint density at radius 3 is 2.44 bits per heavy atom. The summed E-state index contributed by atoms with van der Waals surface area (Å²) in [4.78, 5) is 26.2. The molecule has 2 aliphatic rings. The van der Waals surface area contributed by atoms with Gasteiger partial charge in [0.1, 0.15) is 5.69 Å². The maximum atomic E-state index is 14.1. The summed E-state index contributed by atoms with van der Waals surface area (Å²) in [7, 11) is 1.64. The minimum Gasteiger partial charge on any atom is -0.383 e. The number of nitrogens with one attached hydrogen (secondary N) is 1. The summed E-state index contributed by atoms with van der Waals surface area (Å²) in [6, 6.07) is 0. The van der Waals surface area contributed by atoms with Crippen LogP contribution in [0.15, 0.2) is 6.20 Å². The second kappa shape index (κ2) is 13.1. The van der Waals surface area contributed by atoms with Gasteiger partial charge in [0.05, 0.1) is 24.4 Å². The largest absolute Gasteiger partial charge is 0.393 e. The van der Waals surface area contributed by atoms with Gasteiger partial charge < -0.3 is 15.0 Å². The standard InChI is InChI=1S/C28H41F6N7O2/c1-18(5-6-26(2,3)27(30,31)17-29)22-16-41-25(36-22)37-23(40-9-7-39(8-10-40)11-12-43-4)21(38-41)14-19-13-20(28(32,33)34)15-35-24(19)42/h16,18-20H,5-15,17H2,1-4H3,(H,35,42). The van der Waals surface area contributed by atoms with E-state index in [9.17, 15) is 31.1 Å². The normalized spacial score (nSPS) is 21.8. The zero-order valence-corrected chi connectivity index (χ0v) is 25.1. The van der Waals surface area contributed by atoms with Crippen LogP contribution >= 0.6 is 0 Å². The smallest absolute Gasteiger partial charge is 0.383 e. The summed E-state index contributed by atoms with van der Waals surface area (Å²) in [5, 5.41) is 7.08. The molecule has 2 aromatic rings. The molecule has 242 valence electrons. The first kappa shape index (κ1) is 33.2. The molecule has 3 atom stereocenters. The number of piperidine rings is 1. The molecule has 0 saturated carbocycles. The quantitative estimate of drug-likeness (QED) is 0.355. The number of alkyl halides is 6. The summed E-state index contributed by atoms with van der Waals surface area (Å²) in [5.41, 5.74) is -0.604. The van der Waals surface area contributed by atoms with Gasteiger partial charge in [0.2, 0.25) is 5.91 Å². The molecule has 0 radical (unpaired) electrons. The maximum absolute atomic E-state index is 14.1. The molecule has 0 aliphatic carbocycles. The number of piperazine rings is 1. The molecule has 15 heteroatoms. The first-order chi connectivity index (χ1) is 20.1. The molecular formula is C28H41F6N7O2. The molecule has 3 unspecified atom stereocenters. The molecule has 0 bridgehead atoms. The lowest BCUT2D eigenvalue weighted by molar-refractivity contribution is -0.183. The van der Waals surface area contributed by atoms with Gasteiger partial charge in [0, 0.05) is 70.0 Å². The van der Waals surface area contributed by atoms with Crippen molar-refractivity contribution in [2.24, 2.45) is 17.3 Å². The number of amides is 1. The summed E-state index contributed by atoms with van der Waals surface area (Å²) >= 11 is 0. The highest BCUT2D eigenvalue weighted by Gasteiger charge is 2.47. The summed E-state index contributed by atoms with van der Waals surface area (Å²) in [5.74, 6) is -6.03. The molecule has 2 aromatic heterocycles. The van der Waals surface area contributed by atoms with Crippen LogP contribution in [-0.4, -0.2) is 102 Å². The zero-order valence-electron chi connectivity index (χ0n) is 25.1. The highest BCUT2D eigenvalue weighted by atomic mass is 19.4. The highest BCUT2D eigenvalue weighted by Crippen LogP contribution is 2.42. The first-order valence-electron chi connectivity index (χ1n) is 14.7. The fraction of sp³-hybridized carbons (Fsp3) is 0.786. The second-order valence-electron chi connectivity index (χ2n) is 12.4. The van der Waals surface area contributed by atoms with Crippen molar-refractivity contribution < 1.29 is 35.9 Å². The molecular weight excluding hydrogens is 580 g/mol. The van der Waals surface area contributed by atoms with Crippen LogP contribution in [0.5, 0.6) is 0 Å². The number of nitrogens with zero attached hydrogens (tertiary/aromatic N) is 6. The Labute approximate surface area is 247 Å². The average Bonchev–Trinajstić information content (AvgIpc) is 3.38. The van der Waals surface area contributed by atoms with Crippen molar-refractivity contribution in [3.63, 3.8) is 0 Å². The predicted octanol–water partition coefficient (Wildman–Crippen LogP) is 4.26. The Hall–Kier alpha value is -2.68. The molecule has 0 spiro atoms. The van der Waals surface area contributed by atoms with Gasteiger partial charge >= 0.3 is 6.18 Å². The third-order valence-corrected chi connectivity index (χ3v) is 8.89. The molecule has 4 heterocycles. The molecule has 4 rings (SSSR count). The molecule has 2 saturated heterocycles. The third kappa shape index (κ3) is 7.70.